The lowest BCUT2D eigenvalue weighted by atomic mass is 10.1. The summed E-state index contributed by atoms with van der Waals surface area (Å²) in [6.07, 6.45) is 17.8. The molecule has 0 bridgehead atoms. The maximum absolute atomic E-state index is 11.0. The van der Waals surface area contributed by atoms with Crippen LogP contribution >= 0.6 is 0 Å². The Kier molecular flexibility index (Phi) is 17.4. The first-order valence-electron chi connectivity index (χ1n) is 10.5. The molecule has 1 atom stereocenters. The molecule has 26 heavy (non-hydrogen) atoms. The molecule has 0 spiro atoms. The van der Waals surface area contributed by atoms with E-state index in [1.165, 1.54) is 64.2 Å². The molecule has 0 amide bonds. The van der Waals surface area contributed by atoms with Gasteiger partial charge in [0.15, 0.2) is 0 Å². The van der Waals surface area contributed by atoms with Crippen LogP contribution < -0.4 is 0 Å². The molecule has 0 aliphatic rings. The van der Waals surface area contributed by atoms with E-state index in [-0.39, 0.29) is 0 Å². The normalized spacial score (nSPS) is 12.6. The third kappa shape index (κ3) is 16.9. The average Bonchev–Trinajstić information content (AvgIpc) is 2.59. The highest BCUT2D eigenvalue weighted by atomic mass is 32.2. The summed E-state index contributed by atoms with van der Waals surface area (Å²) in [4.78, 5) is 0. The Morgan fingerprint density at radius 3 is 1.58 bits per heavy atom. The smallest absolute Gasteiger partial charge is 0.270 e. The van der Waals surface area contributed by atoms with Crippen molar-refractivity contribution in [3.63, 3.8) is 0 Å². The van der Waals surface area contributed by atoms with Crippen LogP contribution in [0.4, 0.5) is 0 Å². The van der Waals surface area contributed by atoms with Gasteiger partial charge in [-0.15, -0.1) is 11.8 Å². The van der Waals surface area contributed by atoms with Gasteiger partial charge in [-0.3, -0.25) is 4.55 Å². The fourth-order valence-electron chi connectivity index (χ4n) is 2.97. The van der Waals surface area contributed by atoms with Gasteiger partial charge in [-0.05, 0) is 19.3 Å². The van der Waals surface area contributed by atoms with Crippen molar-refractivity contribution in [3.05, 3.63) is 0 Å². The first-order valence-corrected chi connectivity index (χ1v) is 12.1. The summed E-state index contributed by atoms with van der Waals surface area (Å²) in [6, 6.07) is 0. The van der Waals surface area contributed by atoms with Crippen molar-refractivity contribution in [1.82, 2.24) is 0 Å². The quantitative estimate of drug-likeness (QED) is 0.196. The molecule has 4 nitrogen and oxygen atoms in total. The molecule has 0 radical (unpaired) electrons. The molecule has 0 saturated carbocycles. The molecule has 0 heterocycles. The van der Waals surface area contributed by atoms with Crippen LogP contribution in [0.15, 0.2) is 0 Å². The molecule has 0 aliphatic heterocycles. The summed E-state index contributed by atoms with van der Waals surface area (Å²) in [5.41, 5.74) is 0. The lowest BCUT2D eigenvalue weighted by Crippen LogP contribution is -2.24. The number of unbranched alkanes of at least 4 members (excludes halogenated alkanes) is 13. The Balaban J connectivity index is 3.31. The van der Waals surface area contributed by atoms with Crippen LogP contribution in [0.1, 0.15) is 110 Å². The zero-order valence-electron chi connectivity index (χ0n) is 16.7. The Bertz CT molecular complexity index is 462. The van der Waals surface area contributed by atoms with Crippen LogP contribution in [0.5, 0.6) is 0 Å². The predicted molar refractivity (Wildman–Crippen MR) is 110 cm³/mol. The molecule has 5 heteroatoms. The molecule has 0 saturated heterocycles. The number of aliphatic hydroxyl groups excluding tert-OH is 1. The van der Waals surface area contributed by atoms with Crippen molar-refractivity contribution in [3.8, 4) is 11.8 Å². The number of rotatable bonds is 17. The molecule has 1 unspecified atom stereocenters. The van der Waals surface area contributed by atoms with Gasteiger partial charge in [-0.1, -0.05) is 77.6 Å². The van der Waals surface area contributed by atoms with Gasteiger partial charge in [-0.25, -0.2) is 0 Å². The SMILES string of the molecule is CCCCCCC#CCCCCCCCCCCCC(CO)S(=O)(=O)O. The van der Waals surface area contributed by atoms with Crippen LogP contribution in [0, 0.1) is 11.8 Å². The largest absolute Gasteiger partial charge is 0.395 e. The minimum atomic E-state index is -4.10. The highest BCUT2D eigenvalue weighted by Gasteiger charge is 2.20. The van der Waals surface area contributed by atoms with Gasteiger partial charge in [0.1, 0.15) is 5.25 Å². The molecule has 0 aliphatic carbocycles. The van der Waals surface area contributed by atoms with Crippen LogP contribution in [0.3, 0.4) is 0 Å². The monoisotopic (exact) mass is 388 g/mol. The van der Waals surface area contributed by atoms with Gasteiger partial charge in [0.25, 0.3) is 10.1 Å². The molecular formula is C21H40O4S. The van der Waals surface area contributed by atoms with E-state index >= 15 is 0 Å². The fraction of sp³-hybridized carbons (Fsp3) is 0.905. The molecule has 2 N–H and O–H groups in total. The van der Waals surface area contributed by atoms with Crippen LogP contribution in [-0.4, -0.2) is 29.9 Å². The highest BCUT2D eigenvalue weighted by molar-refractivity contribution is 7.86. The second-order valence-electron chi connectivity index (χ2n) is 7.20. The summed E-state index contributed by atoms with van der Waals surface area (Å²) < 4.78 is 30.8. The number of aliphatic hydroxyl groups is 1. The topological polar surface area (TPSA) is 74.6 Å². The lowest BCUT2D eigenvalue weighted by Gasteiger charge is -2.10. The molecule has 0 fully saturated rings. The average molecular weight is 389 g/mol. The second kappa shape index (κ2) is 17.8. The molecule has 0 aromatic heterocycles. The Hall–Kier alpha value is -0.570. The third-order valence-electron chi connectivity index (χ3n) is 4.73. The van der Waals surface area contributed by atoms with Gasteiger partial charge in [0, 0.05) is 12.8 Å². The van der Waals surface area contributed by atoms with Crippen LogP contribution in [-0.2, 0) is 10.1 Å². The van der Waals surface area contributed by atoms with Gasteiger partial charge >= 0.3 is 0 Å². The van der Waals surface area contributed by atoms with E-state index in [9.17, 15) is 8.42 Å². The molecular weight excluding hydrogens is 348 g/mol. The van der Waals surface area contributed by atoms with E-state index < -0.39 is 22.0 Å². The highest BCUT2D eigenvalue weighted by Crippen LogP contribution is 2.14. The van der Waals surface area contributed by atoms with E-state index in [0.29, 0.717) is 6.42 Å². The summed E-state index contributed by atoms with van der Waals surface area (Å²) in [7, 11) is -4.10. The minimum Gasteiger partial charge on any atom is -0.395 e. The second-order valence-corrected chi connectivity index (χ2v) is 8.90. The van der Waals surface area contributed by atoms with Gasteiger partial charge in [0.2, 0.25) is 0 Å². The molecule has 0 aromatic carbocycles. The minimum absolute atomic E-state index is 0.342. The van der Waals surface area contributed by atoms with E-state index in [1.807, 2.05) is 0 Å². The zero-order valence-corrected chi connectivity index (χ0v) is 17.5. The van der Waals surface area contributed by atoms with Crippen LogP contribution in [0.2, 0.25) is 0 Å². The number of hydrogen-bond acceptors (Lipinski definition) is 3. The Morgan fingerprint density at radius 2 is 1.15 bits per heavy atom. The summed E-state index contributed by atoms with van der Waals surface area (Å²) in [5, 5.41) is 7.94. The summed E-state index contributed by atoms with van der Waals surface area (Å²) in [6.45, 7) is 1.73. The predicted octanol–water partition coefficient (Wildman–Crippen LogP) is 5.50. The lowest BCUT2D eigenvalue weighted by molar-refractivity contribution is 0.276. The van der Waals surface area contributed by atoms with E-state index in [2.05, 4.69) is 18.8 Å². The standard InChI is InChI=1S/C21H40O4S/c1-2-3-4-5-6-7-8-9-10-11-12-13-14-15-16-17-18-19-21(20-22)26(23,24)25/h21-22H,2-6,9-20H2,1H3,(H,23,24,25). The van der Waals surface area contributed by atoms with Gasteiger partial charge in [-0.2, -0.15) is 8.42 Å². The number of hydrogen-bond donors (Lipinski definition) is 2. The Labute approximate surface area is 161 Å². The molecule has 154 valence electrons. The summed E-state index contributed by atoms with van der Waals surface area (Å²) in [5.74, 6) is 6.56. The van der Waals surface area contributed by atoms with Gasteiger partial charge < -0.3 is 5.11 Å². The third-order valence-corrected chi connectivity index (χ3v) is 5.96. The van der Waals surface area contributed by atoms with Gasteiger partial charge in [0.05, 0.1) is 6.61 Å². The van der Waals surface area contributed by atoms with Crippen molar-refractivity contribution in [2.75, 3.05) is 6.61 Å². The van der Waals surface area contributed by atoms with Crippen molar-refractivity contribution >= 4 is 10.1 Å². The summed E-state index contributed by atoms with van der Waals surface area (Å²) >= 11 is 0. The molecule has 0 aromatic rings. The fourth-order valence-corrected chi connectivity index (χ4v) is 3.63. The molecule has 0 rings (SSSR count). The van der Waals surface area contributed by atoms with E-state index in [1.54, 1.807) is 0 Å². The van der Waals surface area contributed by atoms with Crippen LogP contribution in [0.25, 0.3) is 0 Å². The zero-order chi connectivity index (χ0) is 19.5. The van der Waals surface area contributed by atoms with Crippen molar-refractivity contribution in [1.29, 1.82) is 0 Å². The van der Waals surface area contributed by atoms with Crippen molar-refractivity contribution in [2.24, 2.45) is 0 Å². The van der Waals surface area contributed by atoms with E-state index in [4.69, 9.17) is 9.66 Å². The van der Waals surface area contributed by atoms with Crippen molar-refractivity contribution < 1.29 is 18.1 Å². The van der Waals surface area contributed by atoms with E-state index in [0.717, 1.165) is 32.1 Å². The first-order chi connectivity index (χ1) is 12.5. The van der Waals surface area contributed by atoms with Crippen molar-refractivity contribution in [2.45, 2.75) is 115 Å². The maximum atomic E-state index is 11.0. The first kappa shape index (κ1) is 25.4. The maximum Gasteiger partial charge on any atom is 0.270 e. The Morgan fingerprint density at radius 1 is 0.731 bits per heavy atom.